The van der Waals surface area contributed by atoms with E-state index < -0.39 is 0 Å². The molecule has 0 fully saturated rings. The zero-order valence-corrected chi connectivity index (χ0v) is 9.65. The van der Waals surface area contributed by atoms with Gasteiger partial charge in [0.25, 0.3) is 0 Å². The molecule has 3 nitrogen and oxygen atoms in total. The number of nitrogens with one attached hydrogen (secondary N) is 1. The predicted octanol–water partition coefficient (Wildman–Crippen LogP) is 2.14. The molecule has 0 saturated carbocycles. The lowest BCUT2D eigenvalue weighted by Crippen LogP contribution is -2.17. The minimum absolute atomic E-state index is 0.591. The molecule has 0 amide bonds. The Kier molecular flexibility index (Phi) is 3.03. The fourth-order valence-electron chi connectivity index (χ4n) is 1.74. The van der Waals surface area contributed by atoms with Gasteiger partial charge < -0.3 is 14.8 Å². The molecule has 0 spiro atoms. The summed E-state index contributed by atoms with van der Waals surface area (Å²) in [5.74, 6) is 1.58. The van der Waals surface area contributed by atoms with Crippen LogP contribution in [0.2, 0.25) is 5.02 Å². The zero-order chi connectivity index (χ0) is 10.8. The average molecular weight is 228 g/mol. The van der Waals surface area contributed by atoms with Gasteiger partial charge in [-0.1, -0.05) is 11.6 Å². The Balaban J connectivity index is 2.49. The molecule has 1 aliphatic rings. The van der Waals surface area contributed by atoms with Crippen molar-refractivity contribution in [3.8, 4) is 11.5 Å². The number of rotatable bonds is 2. The summed E-state index contributed by atoms with van der Waals surface area (Å²) in [4.78, 5) is 0. The van der Waals surface area contributed by atoms with Crippen LogP contribution >= 0.6 is 11.6 Å². The molecular formula is C11H14ClNO2. The van der Waals surface area contributed by atoms with Crippen molar-refractivity contribution < 1.29 is 9.47 Å². The molecule has 0 atom stereocenters. The number of hydrogen-bond donors (Lipinski definition) is 1. The Morgan fingerprint density at radius 2 is 2.13 bits per heavy atom. The van der Waals surface area contributed by atoms with Crippen LogP contribution in [0.1, 0.15) is 11.1 Å². The van der Waals surface area contributed by atoms with Crippen molar-refractivity contribution in [1.29, 1.82) is 0 Å². The normalized spacial score (nSPS) is 14.1. The third-order valence-corrected chi connectivity index (χ3v) is 2.84. The maximum atomic E-state index is 6.17. The van der Waals surface area contributed by atoms with Gasteiger partial charge in [-0.2, -0.15) is 0 Å². The number of fused-ring (bicyclic) bond motifs is 1. The molecule has 1 aliphatic heterocycles. The summed E-state index contributed by atoms with van der Waals surface area (Å²) >= 11 is 6.17. The summed E-state index contributed by atoms with van der Waals surface area (Å²) in [5, 5.41) is 3.82. The van der Waals surface area contributed by atoms with E-state index in [1.165, 1.54) is 0 Å². The summed E-state index contributed by atoms with van der Waals surface area (Å²) in [7, 11) is 1.90. The van der Waals surface area contributed by atoms with E-state index in [1.807, 2.05) is 20.0 Å². The molecular weight excluding hydrogens is 214 g/mol. The van der Waals surface area contributed by atoms with Gasteiger partial charge in [-0.25, -0.2) is 0 Å². The van der Waals surface area contributed by atoms with Gasteiger partial charge >= 0.3 is 0 Å². The Morgan fingerprint density at radius 1 is 1.40 bits per heavy atom. The maximum absolute atomic E-state index is 6.17. The van der Waals surface area contributed by atoms with Crippen LogP contribution < -0.4 is 14.8 Å². The first-order valence-corrected chi connectivity index (χ1v) is 5.34. The van der Waals surface area contributed by atoms with Gasteiger partial charge in [-0.05, 0) is 19.5 Å². The molecule has 0 bridgehead atoms. The van der Waals surface area contributed by atoms with Crippen LogP contribution in [0.5, 0.6) is 11.5 Å². The second-order valence-electron chi connectivity index (χ2n) is 3.52. The van der Waals surface area contributed by atoms with Crippen molar-refractivity contribution in [2.45, 2.75) is 13.5 Å². The van der Waals surface area contributed by atoms with Crippen LogP contribution in [-0.4, -0.2) is 20.3 Å². The monoisotopic (exact) mass is 227 g/mol. The van der Waals surface area contributed by atoms with E-state index in [0.717, 1.165) is 34.2 Å². The molecule has 0 unspecified atom stereocenters. The molecule has 15 heavy (non-hydrogen) atoms. The lowest BCUT2D eigenvalue weighted by atomic mass is 10.1. The number of halogens is 1. The van der Waals surface area contributed by atoms with Crippen molar-refractivity contribution in [3.63, 3.8) is 0 Å². The van der Waals surface area contributed by atoms with Crippen molar-refractivity contribution in [3.05, 3.63) is 22.2 Å². The molecule has 1 heterocycles. The Labute approximate surface area is 94.3 Å². The quantitative estimate of drug-likeness (QED) is 0.840. The highest BCUT2D eigenvalue weighted by atomic mass is 35.5. The first-order chi connectivity index (χ1) is 7.24. The fourth-order valence-corrected chi connectivity index (χ4v) is 2.05. The molecule has 82 valence electrons. The van der Waals surface area contributed by atoms with Gasteiger partial charge in [0.15, 0.2) is 11.5 Å². The van der Waals surface area contributed by atoms with Gasteiger partial charge in [0, 0.05) is 23.2 Å². The van der Waals surface area contributed by atoms with Crippen molar-refractivity contribution in [2.75, 3.05) is 20.3 Å². The van der Waals surface area contributed by atoms with Gasteiger partial charge in [0.1, 0.15) is 13.2 Å². The van der Waals surface area contributed by atoms with E-state index in [-0.39, 0.29) is 0 Å². The van der Waals surface area contributed by atoms with Crippen LogP contribution in [0.3, 0.4) is 0 Å². The molecule has 0 radical (unpaired) electrons. The molecule has 0 aromatic heterocycles. The Morgan fingerprint density at radius 3 is 2.87 bits per heavy atom. The SMILES string of the molecule is CNCc1c(Cl)cc2c(c1C)OCCO2. The molecule has 2 rings (SSSR count). The third-order valence-electron chi connectivity index (χ3n) is 2.50. The summed E-state index contributed by atoms with van der Waals surface area (Å²) in [6.07, 6.45) is 0. The van der Waals surface area contributed by atoms with E-state index in [9.17, 15) is 0 Å². The summed E-state index contributed by atoms with van der Waals surface area (Å²) in [6.45, 7) is 3.94. The van der Waals surface area contributed by atoms with Crippen molar-refractivity contribution >= 4 is 11.6 Å². The second-order valence-corrected chi connectivity index (χ2v) is 3.92. The minimum Gasteiger partial charge on any atom is -0.486 e. The first-order valence-electron chi connectivity index (χ1n) is 4.96. The molecule has 4 heteroatoms. The number of benzene rings is 1. The van der Waals surface area contributed by atoms with Gasteiger partial charge in [0.05, 0.1) is 0 Å². The minimum atomic E-state index is 0.591. The zero-order valence-electron chi connectivity index (χ0n) is 8.89. The number of ether oxygens (including phenoxy) is 2. The smallest absolute Gasteiger partial charge is 0.164 e. The predicted molar refractivity (Wildman–Crippen MR) is 59.9 cm³/mol. The van der Waals surface area contributed by atoms with Crippen LogP contribution in [0.15, 0.2) is 6.07 Å². The number of hydrogen-bond acceptors (Lipinski definition) is 3. The molecule has 1 aromatic rings. The molecule has 1 N–H and O–H groups in total. The highest BCUT2D eigenvalue weighted by Crippen LogP contribution is 2.39. The van der Waals surface area contributed by atoms with Crippen LogP contribution in [0.4, 0.5) is 0 Å². The largest absolute Gasteiger partial charge is 0.486 e. The van der Waals surface area contributed by atoms with Crippen LogP contribution in [0.25, 0.3) is 0 Å². The highest BCUT2D eigenvalue weighted by Gasteiger charge is 2.19. The molecule has 0 aliphatic carbocycles. The van der Waals surface area contributed by atoms with Crippen LogP contribution in [0, 0.1) is 6.92 Å². The molecule has 1 aromatic carbocycles. The average Bonchev–Trinajstić information content (AvgIpc) is 2.24. The van der Waals surface area contributed by atoms with Gasteiger partial charge in [-0.15, -0.1) is 0 Å². The highest BCUT2D eigenvalue weighted by molar-refractivity contribution is 6.31. The summed E-state index contributed by atoms with van der Waals surface area (Å²) in [5.41, 5.74) is 2.13. The topological polar surface area (TPSA) is 30.5 Å². The van der Waals surface area contributed by atoms with Crippen LogP contribution in [-0.2, 0) is 6.54 Å². The lowest BCUT2D eigenvalue weighted by Gasteiger charge is -2.22. The second kappa shape index (κ2) is 4.29. The fraction of sp³-hybridized carbons (Fsp3) is 0.455. The first kappa shape index (κ1) is 10.6. The Bertz CT molecular complexity index is 379. The van der Waals surface area contributed by atoms with E-state index in [0.29, 0.717) is 13.2 Å². The molecule has 0 saturated heterocycles. The summed E-state index contributed by atoms with van der Waals surface area (Å²) < 4.78 is 11.1. The maximum Gasteiger partial charge on any atom is 0.164 e. The third kappa shape index (κ3) is 1.90. The van der Waals surface area contributed by atoms with Crippen molar-refractivity contribution in [2.24, 2.45) is 0 Å². The Hall–Kier alpha value is -0.930. The summed E-state index contributed by atoms with van der Waals surface area (Å²) in [6, 6.07) is 1.83. The van der Waals surface area contributed by atoms with E-state index in [1.54, 1.807) is 0 Å². The van der Waals surface area contributed by atoms with E-state index in [4.69, 9.17) is 21.1 Å². The van der Waals surface area contributed by atoms with E-state index in [2.05, 4.69) is 5.32 Å². The van der Waals surface area contributed by atoms with Gasteiger partial charge in [-0.3, -0.25) is 0 Å². The van der Waals surface area contributed by atoms with E-state index >= 15 is 0 Å². The standard InChI is InChI=1S/C11H14ClNO2/c1-7-8(6-13-2)9(12)5-10-11(7)15-4-3-14-10/h5,13H,3-4,6H2,1-2H3. The lowest BCUT2D eigenvalue weighted by molar-refractivity contribution is 0.170. The van der Waals surface area contributed by atoms with Gasteiger partial charge in [0.2, 0.25) is 0 Å². The van der Waals surface area contributed by atoms with Crippen molar-refractivity contribution in [1.82, 2.24) is 5.32 Å².